The molecule has 0 unspecified atom stereocenters. The van der Waals surface area contributed by atoms with Gasteiger partial charge in [0, 0.05) is 5.56 Å². The Balaban J connectivity index is 1.70. The lowest BCUT2D eigenvalue weighted by atomic mass is 9.84. The fraction of sp³-hybridized carbons (Fsp3) is 0.212. The zero-order valence-corrected chi connectivity index (χ0v) is 21.4. The first-order chi connectivity index (χ1) is 16.7. The second-order valence-corrected chi connectivity index (χ2v) is 10.9. The zero-order chi connectivity index (χ0) is 24.5. The SMILES string of the molecule is Cc1cc(C(C)(C)C)cc(C)c1N1c2cc3ccccc3cc2Oc2c1cc1ccccc1c2C. The van der Waals surface area contributed by atoms with Crippen LogP contribution in [0.1, 0.15) is 43.0 Å². The molecule has 0 spiro atoms. The third-order valence-electron chi connectivity index (χ3n) is 7.33. The van der Waals surface area contributed by atoms with Crippen molar-refractivity contribution in [3.63, 3.8) is 0 Å². The van der Waals surface area contributed by atoms with Crippen molar-refractivity contribution in [3.8, 4) is 11.5 Å². The molecule has 0 atom stereocenters. The second kappa shape index (κ2) is 7.61. The highest BCUT2D eigenvalue weighted by Crippen LogP contribution is 2.55. The molecule has 174 valence electrons. The Morgan fingerprint density at radius 3 is 1.89 bits per heavy atom. The molecular formula is C33H31NO. The van der Waals surface area contributed by atoms with Crippen LogP contribution in [0, 0.1) is 20.8 Å². The lowest BCUT2D eigenvalue weighted by molar-refractivity contribution is 0.475. The molecule has 0 saturated heterocycles. The number of benzene rings is 5. The molecule has 0 radical (unpaired) electrons. The van der Waals surface area contributed by atoms with Gasteiger partial charge in [-0.05, 0) is 82.6 Å². The van der Waals surface area contributed by atoms with E-state index < -0.39 is 0 Å². The van der Waals surface area contributed by atoms with Gasteiger partial charge in [0.2, 0.25) is 0 Å². The lowest BCUT2D eigenvalue weighted by Crippen LogP contribution is -2.20. The third kappa shape index (κ3) is 3.39. The molecule has 0 saturated carbocycles. The highest BCUT2D eigenvalue weighted by atomic mass is 16.5. The van der Waals surface area contributed by atoms with E-state index in [0.717, 1.165) is 22.9 Å². The van der Waals surface area contributed by atoms with Gasteiger partial charge in [-0.15, -0.1) is 0 Å². The van der Waals surface area contributed by atoms with Gasteiger partial charge in [0.1, 0.15) is 0 Å². The van der Waals surface area contributed by atoms with Crippen molar-refractivity contribution >= 4 is 38.6 Å². The van der Waals surface area contributed by atoms with E-state index in [1.807, 2.05) is 0 Å². The summed E-state index contributed by atoms with van der Waals surface area (Å²) in [6.45, 7) is 13.5. The smallest absolute Gasteiger partial charge is 0.155 e. The number of hydrogen-bond acceptors (Lipinski definition) is 2. The van der Waals surface area contributed by atoms with Gasteiger partial charge < -0.3 is 9.64 Å². The maximum atomic E-state index is 6.69. The highest BCUT2D eigenvalue weighted by molar-refractivity contribution is 6.01. The Morgan fingerprint density at radius 1 is 0.657 bits per heavy atom. The largest absolute Gasteiger partial charge is 0.453 e. The van der Waals surface area contributed by atoms with E-state index in [0.29, 0.717) is 0 Å². The molecule has 1 aliphatic heterocycles. The zero-order valence-electron chi connectivity index (χ0n) is 21.4. The van der Waals surface area contributed by atoms with Gasteiger partial charge >= 0.3 is 0 Å². The van der Waals surface area contributed by atoms with E-state index >= 15 is 0 Å². The molecule has 0 aliphatic carbocycles. The predicted molar refractivity (Wildman–Crippen MR) is 149 cm³/mol. The molecule has 2 heteroatoms. The van der Waals surface area contributed by atoms with Crippen LogP contribution in [0.15, 0.2) is 78.9 Å². The van der Waals surface area contributed by atoms with Crippen LogP contribution >= 0.6 is 0 Å². The van der Waals surface area contributed by atoms with Crippen LogP contribution in [-0.4, -0.2) is 0 Å². The van der Waals surface area contributed by atoms with Crippen LogP contribution < -0.4 is 9.64 Å². The van der Waals surface area contributed by atoms with Crippen molar-refractivity contribution in [1.29, 1.82) is 0 Å². The summed E-state index contributed by atoms with van der Waals surface area (Å²) in [5, 5.41) is 4.85. The highest BCUT2D eigenvalue weighted by Gasteiger charge is 2.31. The van der Waals surface area contributed by atoms with Crippen molar-refractivity contribution < 1.29 is 4.74 Å². The summed E-state index contributed by atoms with van der Waals surface area (Å²) in [7, 11) is 0. The number of fused-ring (bicyclic) bond motifs is 4. The molecule has 0 amide bonds. The van der Waals surface area contributed by atoms with Crippen LogP contribution in [-0.2, 0) is 5.41 Å². The Morgan fingerprint density at radius 2 is 1.23 bits per heavy atom. The van der Waals surface area contributed by atoms with Crippen molar-refractivity contribution in [1.82, 2.24) is 0 Å². The maximum Gasteiger partial charge on any atom is 0.155 e. The summed E-state index contributed by atoms with van der Waals surface area (Å²) < 4.78 is 6.69. The number of nitrogens with zero attached hydrogens (tertiary/aromatic N) is 1. The van der Waals surface area contributed by atoms with Crippen molar-refractivity contribution in [2.75, 3.05) is 4.90 Å². The number of anilines is 3. The number of rotatable bonds is 1. The fourth-order valence-corrected chi connectivity index (χ4v) is 5.47. The fourth-order valence-electron chi connectivity index (χ4n) is 5.47. The molecule has 0 N–H and O–H groups in total. The molecule has 1 aliphatic rings. The molecule has 5 aromatic rings. The second-order valence-electron chi connectivity index (χ2n) is 10.9. The van der Waals surface area contributed by atoms with E-state index in [4.69, 9.17) is 4.74 Å². The van der Waals surface area contributed by atoms with Crippen LogP contribution in [0.4, 0.5) is 17.1 Å². The van der Waals surface area contributed by atoms with Crippen LogP contribution in [0.3, 0.4) is 0 Å². The van der Waals surface area contributed by atoms with Crippen LogP contribution in [0.25, 0.3) is 21.5 Å². The van der Waals surface area contributed by atoms with Crippen LogP contribution in [0.5, 0.6) is 11.5 Å². The average Bonchev–Trinajstić information content (AvgIpc) is 2.82. The molecule has 35 heavy (non-hydrogen) atoms. The van der Waals surface area contributed by atoms with Gasteiger partial charge in [-0.2, -0.15) is 0 Å². The van der Waals surface area contributed by atoms with E-state index in [2.05, 4.69) is 125 Å². The van der Waals surface area contributed by atoms with Crippen LogP contribution in [0.2, 0.25) is 0 Å². The standard InChI is InChI=1S/C33H31NO/c1-20-15-26(33(4,5)6)16-21(2)31(20)34-28-17-23-11-7-8-12-24(23)19-30(28)35-32-22(3)27-14-10-9-13-25(27)18-29(32)34/h7-19H,1-6H3. The first-order valence-corrected chi connectivity index (χ1v) is 12.4. The Kier molecular flexibility index (Phi) is 4.73. The average molecular weight is 458 g/mol. The molecule has 0 bridgehead atoms. The summed E-state index contributed by atoms with van der Waals surface area (Å²) in [5.74, 6) is 1.83. The third-order valence-corrected chi connectivity index (χ3v) is 7.33. The molecule has 6 rings (SSSR count). The summed E-state index contributed by atoms with van der Waals surface area (Å²) in [5.41, 5.74) is 8.58. The predicted octanol–water partition coefficient (Wildman–Crippen LogP) is 9.79. The molecule has 1 heterocycles. The molecule has 5 aromatic carbocycles. The molecule has 0 aromatic heterocycles. The van der Waals surface area contributed by atoms with E-state index in [1.54, 1.807) is 0 Å². The lowest BCUT2D eigenvalue weighted by Gasteiger charge is -2.36. The van der Waals surface area contributed by atoms with Gasteiger partial charge in [-0.3, -0.25) is 0 Å². The minimum atomic E-state index is 0.0951. The Labute approximate surface area is 207 Å². The van der Waals surface area contributed by atoms with E-state index in [1.165, 1.54) is 49.5 Å². The molecule has 0 fully saturated rings. The van der Waals surface area contributed by atoms with Gasteiger partial charge in [-0.25, -0.2) is 0 Å². The summed E-state index contributed by atoms with van der Waals surface area (Å²) >= 11 is 0. The normalized spacial score (nSPS) is 13.0. The first-order valence-electron chi connectivity index (χ1n) is 12.4. The van der Waals surface area contributed by atoms with Gasteiger partial charge in [0.25, 0.3) is 0 Å². The molecule has 2 nitrogen and oxygen atoms in total. The maximum absolute atomic E-state index is 6.69. The quantitative estimate of drug-likeness (QED) is 0.244. The number of ether oxygens (including phenoxy) is 1. The topological polar surface area (TPSA) is 12.5 Å². The van der Waals surface area contributed by atoms with Gasteiger partial charge in [-0.1, -0.05) is 81.4 Å². The number of aryl methyl sites for hydroxylation is 3. The van der Waals surface area contributed by atoms with Crippen molar-refractivity contribution in [3.05, 3.63) is 101 Å². The van der Waals surface area contributed by atoms with Gasteiger partial charge in [0.15, 0.2) is 11.5 Å². The van der Waals surface area contributed by atoms with Crippen molar-refractivity contribution in [2.45, 2.75) is 47.0 Å². The van der Waals surface area contributed by atoms with E-state index in [9.17, 15) is 0 Å². The minimum absolute atomic E-state index is 0.0951. The van der Waals surface area contributed by atoms with Crippen molar-refractivity contribution in [2.24, 2.45) is 0 Å². The van der Waals surface area contributed by atoms with E-state index in [-0.39, 0.29) is 5.41 Å². The first kappa shape index (κ1) is 21.7. The monoisotopic (exact) mass is 457 g/mol. The summed E-state index contributed by atoms with van der Waals surface area (Å²) in [6, 6.07) is 28.6. The Bertz CT molecular complexity index is 1610. The minimum Gasteiger partial charge on any atom is -0.453 e. The van der Waals surface area contributed by atoms with Gasteiger partial charge in [0.05, 0.1) is 17.1 Å². The summed E-state index contributed by atoms with van der Waals surface area (Å²) in [6.07, 6.45) is 0. The number of hydrogen-bond donors (Lipinski definition) is 0. The Hall–Kier alpha value is -3.78. The summed E-state index contributed by atoms with van der Waals surface area (Å²) in [4.78, 5) is 2.43. The molecular weight excluding hydrogens is 426 g/mol.